The number of aliphatic hydroxyl groups is 2. The fraction of sp³-hybridized carbons (Fsp3) is 0.375. The van der Waals surface area contributed by atoms with Crippen molar-refractivity contribution in [3.63, 3.8) is 0 Å². The number of β-amino-alcohol motifs (C(OH)–C–C–N with tert-alkyl or cyclic N) is 1. The fourth-order valence-electron chi connectivity index (χ4n) is 12.8. The van der Waals surface area contributed by atoms with Gasteiger partial charge < -0.3 is 49.9 Å². The van der Waals surface area contributed by atoms with Gasteiger partial charge in [-0.3, -0.25) is 18.5 Å². The van der Waals surface area contributed by atoms with Crippen LogP contribution in [0.2, 0.25) is 0 Å². The Balaban J connectivity index is 0.000000161. The Kier molecular flexibility index (Phi) is 21.4. The molecule has 30 heteroatoms. The summed E-state index contributed by atoms with van der Waals surface area (Å²) in [5.41, 5.74) is 8.80. The summed E-state index contributed by atoms with van der Waals surface area (Å²) >= 11 is 2.58. The molecule has 8 aromatic heterocycles. The van der Waals surface area contributed by atoms with Crippen LogP contribution in [-0.4, -0.2) is 189 Å². The number of carboxylic acids is 1. The standard InChI is InChI=1S/C34H34FN9O2S.C28H26FN9S.C10H17NO5/c1-3-27-31(41(2)34-40-30(28(17-36)47-34)21-4-8-25(35)9-5-21)44-20-23(7-11-29(44)39-27)24-18-37-33(38-19-24)43-14-12-42(13-15-43)32(46)22-6-10-26(45)16-22;1-3-22-26(36(2)28-35-25(23(14-30)39-28)18-4-7-21(29)8-5-18)38-17-19(6-9-24(38)34-22)20-15-32-27(33-16-20)37-12-10-31-11-13-37;1-10(2,3)16-9(15)11-5-6(12)4-7(11)8(13)14/h4-5,7-9,11,18-20,22,26,45H,3,6,10,12-16H2,1-2H3;4-9,15-17,31H,3,10-13H2,1-2H3;6-7,12H,4-5H2,1-3H3,(H,13,14)/t22?,26-;;6-,7+/m0.1/s1. The molecular weight excluding hydrogens is 1350 g/mol. The molecule has 102 heavy (non-hydrogen) atoms. The van der Waals surface area contributed by atoms with Crippen LogP contribution in [-0.2, 0) is 27.2 Å². The van der Waals surface area contributed by atoms with Crippen molar-refractivity contribution in [2.45, 2.75) is 97.0 Å². The van der Waals surface area contributed by atoms with E-state index in [9.17, 15) is 43.9 Å². The smallest absolute Gasteiger partial charge is 0.411 e. The van der Waals surface area contributed by atoms with Crippen molar-refractivity contribution in [1.82, 2.24) is 63.8 Å². The Morgan fingerprint density at radius 2 is 1.07 bits per heavy atom. The van der Waals surface area contributed by atoms with Crippen molar-refractivity contribution >= 4 is 85.7 Å². The van der Waals surface area contributed by atoms with E-state index >= 15 is 0 Å². The number of nitrogens with one attached hydrogen (secondary N) is 1. The number of imidazole rings is 2. The second kappa shape index (κ2) is 30.7. The summed E-state index contributed by atoms with van der Waals surface area (Å²) in [6.07, 6.45) is 13.1. The number of nitrogens with zero attached hydrogens (tertiary/aromatic N) is 18. The minimum Gasteiger partial charge on any atom is -0.480 e. The average Bonchev–Trinajstić information content (AvgIpc) is 1.61. The second-order valence-corrected chi connectivity index (χ2v) is 28.1. The van der Waals surface area contributed by atoms with E-state index in [-0.39, 0.29) is 42.5 Å². The number of aliphatic carboxylic acids is 1. The number of amides is 2. The number of thiazole rings is 2. The molecule has 0 bridgehead atoms. The van der Waals surface area contributed by atoms with Crippen LogP contribution in [0.15, 0.2) is 110 Å². The van der Waals surface area contributed by atoms with Gasteiger partial charge in [-0.15, -0.1) is 0 Å². The lowest BCUT2D eigenvalue weighted by Gasteiger charge is -2.36. The van der Waals surface area contributed by atoms with Crippen LogP contribution in [0.25, 0.3) is 56.1 Å². The van der Waals surface area contributed by atoms with E-state index < -0.39 is 29.8 Å². The van der Waals surface area contributed by atoms with Gasteiger partial charge in [0.05, 0.1) is 30.1 Å². The molecule has 0 radical (unpaired) electrons. The van der Waals surface area contributed by atoms with Crippen LogP contribution < -0.4 is 24.9 Å². The summed E-state index contributed by atoms with van der Waals surface area (Å²) in [4.78, 5) is 85.4. The lowest BCUT2D eigenvalue weighted by Crippen LogP contribution is -2.50. The lowest BCUT2D eigenvalue weighted by atomic mass is 10.1. The molecule has 14 rings (SSSR count). The van der Waals surface area contributed by atoms with Gasteiger partial charge in [0, 0.05) is 149 Å². The first-order valence-electron chi connectivity index (χ1n) is 33.6. The number of carbonyl (C=O) groups excluding carboxylic acids is 2. The number of nitriles is 2. The fourth-order valence-corrected chi connectivity index (χ4v) is 14.5. The molecule has 1 saturated carbocycles. The average molecular weight is 1420 g/mol. The van der Waals surface area contributed by atoms with E-state index in [0.29, 0.717) is 93.9 Å². The molecule has 10 aromatic rings. The topological polar surface area (TPSA) is 312 Å². The van der Waals surface area contributed by atoms with Crippen LogP contribution in [0.4, 0.5) is 47.4 Å². The van der Waals surface area contributed by atoms with E-state index in [1.807, 2.05) is 106 Å². The number of anilines is 6. The van der Waals surface area contributed by atoms with E-state index in [2.05, 4.69) is 54.1 Å². The van der Waals surface area contributed by atoms with Crippen molar-refractivity contribution in [1.29, 1.82) is 10.5 Å². The highest BCUT2D eigenvalue weighted by atomic mass is 32.1. The third-order valence-electron chi connectivity index (χ3n) is 18.0. The molecule has 11 heterocycles. The number of aliphatic hydroxyl groups excluding tert-OH is 2. The summed E-state index contributed by atoms with van der Waals surface area (Å²) < 4.78 is 36.2. The number of rotatable bonds is 14. The number of carboxylic acid groups (broad SMARTS) is 1. The molecular formula is C72H77F2N19O7S2. The molecule has 4 aliphatic rings. The van der Waals surface area contributed by atoms with Crippen LogP contribution in [0, 0.1) is 40.2 Å². The Labute approximate surface area is 595 Å². The number of aryl methyl sites for hydroxylation is 2. The molecule has 3 aliphatic heterocycles. The molecule has 3 saturated heterocycles. The zero-order valence-corrected chi connectivity index (χ0v) is 59.0. The zero-order valence-electron chi connectivity index (χ0n) is 57.4. The molecule has 4 atom stereocenters. The number of fused-ring (bicyclic) bond motifs is 2. The first kappa shape index (κ1) is 71.2. The van der Waals surface area contributed by atoms with Gasteiger partial charge >= 0.3 is 12.1 Å². The number of aromatic nitrogens is 10. The van der Waals surface area contributed by atoms with E-state index in [4.69, 9.17) is 29.8 Å². The number of halogens is 2. The summed E-state index contributed by atoms with van der Waals surface area (Å²) in [7, 11) is 3.83. The molecule has 2 aromatic carbocycles. The van der Waals surface area contributed by atoms with Crippen molar-refractivity contribution < 1.29 is 43.2 Å². The van der Waals surface area contributed by atoms with E-state index in [1.165, 1.54) is 46.9 Å². The van der Waals surface area contributed by atoms with Gasteiger partial charge in [0.2, 0.25) is 17.8 Å². The number of pyridine rings is 2. The first-order valence-corrected chi connectivity index (χ1v) is 35.3. The lowest BCUT2D eigenvalue weighted by molar-refractivity contribution is -0.142. The number of piperazine rings is 2. The normalized spacial score (nSPS) is 17.5. The highest BCUT2D eigenvalue weighted by molar-refractivity contribution is 7.17. The SMILES string of the molecule is CC(C)(C)OC(=O)N1C[C@H](O)C[C@H]1C(=O)O.CCc1nc2ccc(-c3cnc(N4CCN(C(=O)C5CC[C@H](O)C5)CC4)nc3)cn2c1N(C)c1nc(-c2ccc(F)cc2)c(C#N)s1.CCc1nc2ccc(-c3cnc(N4CCNCC4)nc3)cn2c1N(C)c1nc(-c2ccc(F)cc2)c(C#N)s1. The predicted molar refractivity (Wildman–Crippen MR) is 384 cm³/mol. The van der Waals surface area contributed by atoms with Gasteiger partial charge in [-0.1, -0.05) is 36.5 Å². The van der Waals surface area contributed by atoms with Crippen LogP contribution >= 0.6 is 22.7 Å². The summed E-state index contributed by atoms with van der Waals surface area (Å²) in [6, 6.07) is 23.5. The summed E-state index contributed by atoms with van der Waals surface area (Å²) in [5.74, 6) is 1.37. The van der Waals surface area contributed by atoms with Gasteiger partial charge in [-0.05, 0) is 126 Å². The Morgan fingerprint density at radius 3 is 1.48 bits per heavy atom. The monoisotopic (exact) mass is 1420 g/mol. The minimum absolute atomic E-state index is 0.00583. The number of likely N-dealkylation sites (tertiary alicyclic amines) is 1. The van der Waals surface area contributed by atoms with Crippen molar-refractivity contribution in [2.75, 3.05) is 92.6 Å². The molecule has 0 spiro atoms. The van der Waals surface area contributed by atoms with Gasteiger partial charge in [-0.2, -0.15) is 10.5 Å². The largest absolute Gasteiger partial charge is 0.480 e. The number of hydrogen-bond donors (Lipinski definition) is 4. The van der Waals surface area contributed by atoms with Crippen LogP contribution in [0.5, 0.6) is 0 Å². The number of carbonyl (C=O) groups is 3. The van der Waals surface area contributed by atoms with Gasteiger partial charge in [0.15, 0.2) is 10.3 Å². The molecule has 1 aliphatic carbocycles. The highest BCUT2D eigenvalue weighted by Crippen LogP contribution is 2.40. The molecule has 528 valence electrons. The number of benzene rings is 2. The first-order chi connectivity index (χ1) is 49.1. The third-order valence-corrected chi connectivity index (χ3v) is 20.1. The van der Waals surface area contributed by atoms with Crippen LogP contribution in [0.3, 0.4) is 0 Å². The maximum Gasteiger partial charge on any atom is 0.411 e. The number of hydrogen-bond acceptors (Lipinski definition) is 23. The highest BCUT2D eigenvalue weighted by Gasteiger charge is 2.41. The Morgan fingerprint density at radius 1 is 0.618 bits per heavy atom. The molecule has 4 fully saturated rings. The minimum atomic E-state index is -1.12. The van der Waals surface area contributed by atoms with Crippen LogP contribution in [0.1, 0.15) is 81.4 Å². The van der Waals surface area contributed by atoms with Crippen molar-refractivity contribution in [3.05, 3.63) is 143 Å². The van der Waals surface area contributed by atoms with Crippen molar-refractivity contribution in [2.24, 2.45) is 5.92 Å². The molecule has 2 amide bonds. The third kappa shape index (κ3) is 15.6. The van der Waals surface area contributed by atoms with E-state index in [1.54, 1.807) is 45.0 Å². The molecule has 4 N–H and O–H groups in total. The maximum atomic E-state index is 13.6. The Hall–Kier alpha value is -10.6. The molecule has 1 unspecified atom stereocenters. The quantitative estimate of drug-likeness (QED) is 0.0786. The second-order valence-electron chi connectivity index (χ2n) is 26.1. The number of ether oxygens (including phenoxy) is 1. The summed E-state index contributed by atoms with van der Waals surface area (Å²) in [6.45, 7) is 15.4. The molecule has 26 nitrogen and oxygen atoms in total. The van der Waals surface area contributed by atoms with E-state index in [0.717, 1.165) is 106 Å². The van der Waals surface area contributed by atoms with Gasteiger partial charge in [0.25, 0.3) is 0 Å². The van der Waals surface area contributed by atoms with Crippen molar-refractivity contribution in [3.8, 4) is 56.9 Å². The summed E-state index contributed by atoms with van der Waals surface area (Å²) in [5, 5.41) is 52.3. The Bertz CT molecular complexity index is 4750. The van der Waals surface area contributed by atoms with Gasteiger partial charge in [-0.25, -0.2) is 58.2 Å². The maximum absolute atomic E-state index is 13.6. The zero-order chi connectivity index (χ0) is 72.1. The van der Waals surface area contributed by atoms with Gasteiger partial charge in [0.1, 0.15) is 79.5 Å². The predicted octanol–water partition coefficient (Wildman–Crippen LogP) is 10.2.